The largest absolute Gasteiger partial charge is 0.356 e. The molecule has 1 aliphatic rings. The molecule has 6 heteroatoms. The summed E-state index contributed by atoms with van der Waals surface area (Å²) in [5, 5.41) is 2.99. The van der Waals surface area contributed by atoms with E-state index in [1.54, 1.807) is 12.4 Å². The summed E-state index contributed by atoms with van der Waals surface area (Å²) in [5.41, 5.74) is 3.61. The zero-order valence-electron chi connectivity index (χ0n) is 16.6. The average molecular weight is 387 g/mol. The molecule has 1 aromatic carbocycles. The molecule has 0 saturated carbocycles. The van der Waals surface area contributed by atoms with Gasteiger partial charge in [0.1, 0.15) is 11.4 Å². The number of nitrogens with zero attached hydrogens (tertiary/aromatic N) is 4. The van der Waals surface area contributed by atoms with Gasteiger partial charge in [-0.2, -0.15) is 0 Å². The third-order valence-electron chi connectivity index (χ3n) is 5.09. The van der Waals surface area contributed by atoms with Gasteiger partial charge in [0.05, 0.1) is 0 Å². The number of hydrogen-bond donors (Lipinski definition) is 1. The second kappa shape index (κ2) is 8.82. The molecule has 29 heavy (non-hydrogen) atoms. The fourth-order valence-electron chi connectivity index (χ4n) is 3.57. The van der Waals surface area contributed by atoms with Crippen LogP contribution >= 0.6 is 0 Å². The van der Waals surface area contributed by atoms with Crippen molar-refractivity contribution in [2.24, 2.45) is 0 Å². The van der Waals surface area contributed by atoms with E-state index in [-0.39, 0.29) is 5.91 Å². The molecule has 2 aromatic heterocycles. The Morgan fingerprint density at radius 1 is 1.10 bits per heavy atom. The van der Waals surface area contributed by atoms with Crippen molar-refractivity contribution in [3.05, 3.63) is 71.7 Å². The van der Waals surface area contributed by atoms with Gasteiger partial charge in [-0.05, 0) is 38.0 Å². The van der Waals surface area contributed by atoms with Gasteiger partial charge in [0, 0.05) is 49.7 Å². The molecule has 3 heterocycles. The molecule has 1 fully saturated rings. The van der Waals surface area contributed by atoms with E-state index in [0.717, 1.165) is 48.6 Å². The van der Waals surface area contributed by atoms with Gasteiger partial charge >= 0.3 is 0 Å². The van der Waals surface area contributed by atoms with Crippen molar-refractivity contribution in [2.75, 3.05) is 24.5 Å². The lowest BCUT2D eigenvalue weighted by molar-refractivity contribution is 0.0954. The molecule has 0 bridgehead atoms. The Bertz CT molecular complexity index is 984. The quantitative estimate of drug-likeness (QED) is 0.702. The Morgan fingerprint density at radius 2 is 1.97 bits per heavy atom. The van der Waals surface area contributed by atoms with E-state index in [1.165, 1.54) is 0 Å². The van der Waals surface area contributed by atoms with Crippen molar-refractivity contribution in [2.45, 2.75) is 26.2 Å². The molecule has 148 valence electrons. The molecule has 1 aliphatic heterocycles. The van der Waals surface area contributed by atoms with Gasteiger partial charge in [-0.15, -0.1) is 0 Å². The number of hydrogen-bond acceptors (Lipinski definition) is 5. The van der Waals surface area contributed by atoms with E-state index in [9.17, 15) is 4.79 Å². The predicted octanol–water partition coefficient (Wildman–Crippen LogP) is 3.42. The Hall–Kier alpha value is -3.28. The highest BCUT2D eigenvalue weighted by Crippen LogP contribution is 2.25. The number of aromatic nitrogens is 3. The smallest absolute Gasteiger partial charge is 0.256 e. The molecule has 1 amide bonds. The van der Waals surface area contributed by atoms with Crippen molar-refractivity contribution >= 4 is 11.7 Å². The number of anilines is 1. The second-order valence-electron chi connectivity index (χ2n) is 7.32. The predicted molar refractivity (Wildman–Crippen MR) is 114 cm³/mol. The average Bonchev–Trinajstić information content (AvgIpc) is 3.29. The zero-order valence-corrected chi connectivity index (χ0v) is 16.6. The third-order valence-corrected chi connectivity index (χ3v) is 5.09. The lowest BCUT2D eigenvalue weighted by Gasteiger charge is -2.20. The topological polar surface area (TPSA) is 71.0 Å². The molecule has 0 aliphatic carbocycles. The first-order valence-electron chi connectivity index (χ1n) is 10.1. The fourth-order valence-corrected chi connectivity index (χ4v) is 3.57. The van der Waals surface area contributed by atoms with Crippen LogP contribution in [-0.4, -0.2) is 40.5 Å². The lowest BCUT2D eigenvalue weighted by Crippen LogP contribution is -2.30. The summed E-state index contributed by atoms with van der Waals surface area (Å²) in [5.74, 6) is 1.24. The number of nitrogens with one attached hydrogen (secondary N) is 1. The maximum atomic E-state index is 12.9. The Balaban J connectivity index is 1.55. The number of benzene rings is 1. The summed E-state index contributed by atoms with van der Waals surface area (Å²) in [4.78, 5) is 28.7. The van der Waals surface area contributed by atoms with Crippen LogP contribution in [0.25, 0.3) is 11.4 Å². The number of carbonyl (C=O) groups excluding carboxylic acids is 1. The summed E-state index contributed by atoms with van der Waals surface area (Å²) in [6.45, 7) is 4.40. The van der Waals surface area contributed by atoms with Crippen molar-refractivity contribution in [3.8, 4) is 11.4 Å². The lowest BCUT2D eigenvalue weighted by atomic mass is 10.1. The first-order chi connectivity index (χ1) is 14.2. The molecule has 1 saturated heterocycles. The summed E-state index contributed by atoms with van der Waals surface area (Å²) < 4.78 is 0. The summed E-state index contributed by atoms with van der Waals surface area (Å²) in [6, 6.07) is 13.9. The molecule has 1 N–H and O–H groups in total. The highest BCUT2D eigenvalue weighted by atomic mass is 16.1. The van der Waals surface area contributed by atoms with Gasteiger partial charge in [-0.3, -0.25) is 9.78 Å². The van der Waals surface area contributed by atoms with E-state index >= 15 is 0 Å². The van der Waals surface area contributed by atoms with E-state index < -0.39 is 0 Å². The van der Waals surface area contributed by atoms with Gasteiger partial charge < -0.3 is 10.2 Å². The van der Waals surface area contributed by atoms with Crippen LogP contribution in [0, 0.1) is 6.92 Å². The summed E-state index contributed by atoms with van der Waals surface area (Å²) >= 11 is 0. The Labute approximate surface area is 171 Å². The number of amides is 1. The minimum atomic E-state index is -0.140. The van der Waals surface area contributed by atoms with Crippen LogP contribution in [0.15, 0.2) is 54.9 Å². The zero-order chi connectivity index (χ0) is 20.1. The normalized spacial score (nSPS) is 13.5. The Kier molecular flexibility index (Phi) is 5.79. The Morgan fingerprint density at radius 3 is 2.72 bits per heavy atom. The number of aryl methyl sites for hydroxylation is 1. The van der Waals surface area contributed by atoms with Crippen molar-refractivity contribution in [1.29, 1.82) is 0 Å². The fraction of sp³-hybridized carbons (Fsp3) is 0.304. The van der Waals surface area contributed by atoms with Gasteiger partial charge in [-0.1, -0.05) is 29.8 Å². The first kappa shape index (κ1) is 19.1. The number of carbonyl (C=O) groups is 1. The molecule has 0 radical (unpaired) electrons. The summed E-state index contributed by atoms with van der Waals surface area (Å²) in [6.07, 6.45) is 6.35. The van der Waals surface area contributed by atoms with Crippen LogP contribution in [0.3, 0.4) is 0 Å². The maximum Gasteiger partial charge on any atom is 0.256 e. The van der Waals surface area contributed by atoms with E-state index in [2.05, 4.69) is 26.3 Å². The van der Waals surface area contributed by atoms with Crippen molar-refractivity contribution in [1.82, 2.24) is 20.3 Å². The van der Waals surface area contributed by atoms with Crippen LogP contribution in [0.1, 0.15) is 34.5 Å². The SMILES string of the molecule is Cc1cccc(-c2ncc(C(=O)NCCc3ccccn3)c(N3CCCC3)n2)c1. The molecule has 4 rings (SSSR count). The van der Waals surface area contributed by atoms with E-state index in [4.69, 9.17) is 4.98 Å². The number of pyridine rings is 1. The van der Waals surface area contributed by atoms with Gasteiger partial charge in [0.25, 0.3) is 5.91 Å². The third kappa shape index (κ3) is 4.59. The van der Waals surface area contributed by atoms with Crippen LogP contribution in [0.2, 0.25) is 0 Å². The highest BCUT2D eigenvalue weighted by Gasteiger charge is 2.22. The standard InChI is InChI=1S/C23H25N5O/c1-17-7-6-8-18(15-17)21-26-16-20(22(27-21)28-13-4-5-14-28)23(29)25-12-10-19-9-2-3-11-24-19/h2-3,6-9,11,15-16H,4-5,10,12-14H2,1H3,(H,25,29). The molecular weight excluding hydrogens is 362 g/mol. The molecule has 3 aromatic rings. The molecule has 0 spiro atoms. The minimum Gasteiger partial charge on any atom is -0.356 e. The summed E-state index contributed by atoms with van der Waals surface area (Å²) in [7, 11) is 0. The minimum absolute atomic E-state index is 0.140. The van der Waals surface area contributed by atoms with E-state index in [0.29, 0.717) is 24.4 Å². The molecule has 0 atom stereocenters. The van der Waals surface area contributed by atoms with Gasteiger partial charge in [0.15, 0.2) is 5.82 Å². The van der Waals surface area contributed by atoms with Crippen LogP contribution in [0.4, 0.5) is 5.82 Å². The second-order valence-corrected chi connectivity index (χ2v) is 7.32. The van der Waals surface area contributed by atoms with Crippen LogP contribution in [-0.2, 0) is 6.42 Å². The first-order valence-corrected chi connectivity index (χ1v) is 10.1. The van der Waals surface area contributed by atoms with Crippen molar-refractivity contribution in [3.63, 3.8) is 0 Å². The van der Waals surface area contributed by atoms with Gasteiger partial charge in [0.2, 0.25) is 0 Å². The maximum absolute atomic E-state index is 12.9. The molecule has 6 nitrogen and oxygen atoms in total. The number of rotatable bonds is 6. The van der Waals surface area contributed by atoms with Gasteiger partial charge in [-0.25, -0.2) is 9.97 Å². The van der Waals surface area contributed by atoms with Crippen LogP contribution in [0.5, 0.6) is 0 Å². The highest BCUT2D eigenvalue weighted by molar-refractivity contribution is 5.99. The van der Waals surface area contributed by atoms with Crippen LogP contribution < -0.4 is 10.2 Å². The molecule has 0 unspecified atom stereocenters. The van der Waals surface area contributed by atoms with E-state index in [1.807, 2.05) is 43.3 Å². The monoisotopic (exact) mass is 387 g/mol. The van der Waals surface area contributed by atoms with Crippen molar-refractivity contribution < 1.29 is 4.79 Å². The molecular formula is C23H25N5O.